The molecule has 0 atom stereocenters. The first kappa shape index (κ1) is 15.6. The van der Waals surface area contributed by atoms with Crippen LogP contribution >= 0.6 is 11.6 Å². The van der Waals surface area contributed by atoms with Gasteiger partial charge in [-0.05, 0) is 30.5 Å². The van der Waals surface area contributed by atoms with Gasteiger partial charge in [0.05, 0.1) is 24.5 Å². The third-order valence-corrected chi connectivity index (χ3v) is 3.46. The van der Waals surface area contributed by atoms with Crippen LogP contribution < -0.4 is 10.2 Å². The van der Waals surface area contributed by atoms with E-state index in [1.54, 1.807) is 18.2 Å². The second kappa shape index (κ2) is 6.80. The van der Waals surface area contributed by atoms with Crippen LogP contribution in [-0.4, -0.2) is 31.6 Å². The summed E-state index contributed by atoms with van der Waals surface area (Å²) >= 11 is 5.93. The molecule has 0 saturated carbocycles. The highest BCUT2D eigenvalue weighted by molar-refractivity contribution is 6.31. The van der Waals surface area contributed by atoms with Gasteiger partial charge in [-0.15, -0.1) is 0 Å². The van der Waals surface area contributed by atoms with Crippen LogP contribution in [0, 0.1) is 5.92 Å². The van der Waals surface area contributed by atoms with Gasteiger partial charge in [0, 0.05) is 5.02 Å². The molecule has 1 heterocycles. The van der Waals surface area contributed by atoms with Gasteiger partial charge in [-0.25, -0.2) is 0 Å². The molecule has 0 spiro atoms. The molecule has 1 aromatic rings. The van der Waals surface area contributed by atoms with Crippen LogP contribution in [0.25, 0.3) is 0 Å². The number of halogens is 1. The highest BCUT2D eigenvalue weighted by Crippen LogP contribution is 2.31. The Morgan fingerprint density at radius 1 is 1.48 bits per heavy atom. The molecule has 2 rings (SSSR count). The fourth-order valence-corrected chi connectivity index (χ4v) is 2.21. The van der Waals surface area contributed by atoms with E-state index in [0.29, 0.717) is 23.2 Å². The quantitative estimate of drug-likeness (QED) is 0.850. The maximum absolute atomic E-state index is 12.0. The number of anilines is 2. The summed E-state index contributed by atoms with van der Waals surface area (Å²) in [5.74, 6) is -0.0843. The molecule has 0 fully saturated rings. The number of fused-ring (bicyclic) bond motifs is 1. The van der Waals surface area contributed by atoms with Gasteiger partial charge >= 0.3 is 5.97 Å². The maximum atomic E-state index is 12.0. The van der Waals surface area contributed by atoms with Crippen LogP contribution in [0.4, 0.5) is 11.4 Å². The minimum atomic E-state index is -0.396. The van der Waals surface area contributed by atoms with Crippen LogP contribution in [0.2, 0.25) is 5.02 Å². The van der Waals surface area contributed by atoms with Crippen molar-refractivity contribution in [1.29, 1.82) is 0 Å². The SMILES string of the molecule is CC(C)CCOC(=O)CN1C(=O)CNc2cc(Cl)ccc21. The zero-order chi connectivity index (χ0) is 15.4. The predicted octanol–water partition coefficient (Wildman–Crippen LogP) is 2.69. The van der Waals surface area contributed by atoms with E-state index in [0.717, 1.165) is 12.1 Å². The molecule has 0 aromatic heterocycles. The lowest BCUT2D eigenvalue weighted by Crippen LogP contribution is -2.43. The van der Waals surface area contributed by atoms with Crippen molar-refractivity contribution >= 4 is 34.9 Å². The summed E-state index contributed by atoms with van der Waals surface area (Å²) < 4.78 is 5.16. The van der Waals surface area contributed by atoms with E-state index >= 15 is 0 Å². The van der Waals surface area contributed by atoms with Crippen molar-refractivity contribution in [3.63, 3.8) is 0 Å². The molecule has 5 nitrogen and oxygen atoms in total. The minimum Gasteiger partial charge on any atom is -0.464 e. The molecule has 0 radical (unpaired) electrons. The van der Waals surface area contributed by atoms with Crippen molar-refractivity contribution in [3.05, 3.63) is 23.2 Å². The summed E-state index contributed by atoms with van der Waals surface area (Å²) in [6.45, 7) is 4.57. The predicted molar refractivity (Wildman–Crippen MR) is 82.7 cm³/mol. The molecule has 114 valence electrons. The Morgan fingerprint density at radius 2 is 2.24 bits per heavy atom. The molecule has 1 aromatic carbocycles. The van der Waals surface area contributed by atoms with Gasteiger partial charge in [0.2, 0.25) is 5.91 Å². The number of nitrogens with one attached hydrogen (secondary N) is 1. The number of hydrogen-bond donors (Lipinski definition) is 1. The molecule has 0 aliphatic carbocycles. The number of carbonyl (C=O) groups is 2. The zero-order valence-corrected chi connectivity index (χ0v) is 12.9. The molecule has 0 unspecified atom stereocenters. The lowest BCUT2D eigenvalue weighted by Gasteiger charge is -2.29. The van der Waals surface area contributed by atoms with Crippen LogP contribution in [-0.2, 0) is 14.3 Å². The van der Waals surface area contributed by atoms with E-state index in [-0.39, 0.29) is 19.0 Å². The number of benzene rings is 1. The zero-order valence-electron chi connectivity index (χ0n) is 12.2. The van der Waals surface area contributed by atoms with Crippen LogP contribution in [0.5, 0.6) is 0 Å². The summed E-state index contributed by atoms with van der Waals surface area (Å²) in [5, 5.41) is 3.57. The monoisotopic (exact) mass is 310 g/mol. The van der Waals surface area contributed by atoms with Gasteiger partial charge in [0.15, 0.2) is 0 Å². The van der Waals surface area contributed by atoms with Gasteiger partial charge in [-0.1, -0.05) is 25.4 Å². The van der Waals surface area contributed by atoms with E-state index in [1.807, 2.05) is 0 Å². The summed E-state index contributed by atoms with van der Waals surface area (Å²) in [4.78, 5) is 25.3. The van der Waals surface area contributed by atoms with Crippen molar-refractivity contribution in [3.8, 4) is 0 Å². The third kappa shape index (κ3) is 4.11. The topological polar surface area (TPSA) is 58.6 Å². The van der Waals surface area contributed by atoms with E-state index < -0.39 is 5.97 Å². The largest absolute Gasteiger partial charge is 0.464 e. The Balaban J connectivity index is 2.02. The number of ether oxygens (including phenoxy) is 1. The van der Waals surface area contributed by atoms with Gasteiger partial charge in [0.25, 0.3) is 0 Å². The molecule has 1 aliphatic rings. The second-order valence-corrected chi connectivity index (χ2v) is 5.83. The summed E-state index contributed by atoms with van der Waals surface area (Å²) in [7, 11) is 0. The number of carbonyl (C=O) groups excluding carboxylic acids is 2. The molecule has 1 N–H and O–H groups in total. The first-order chi connectivity index (χ1) is 9.97. The Hall–Kier alpha value is -1.75. The Bertz CT molecular complexity index is 546. The van der Waals surface area contributed by atoms with Crippen molar-refractivity contribution < 1.29 is 14.3 Å². The van der Waals surface area contributed by atoms with Crippen LogP contribution in [0.1, 0.15) is 20.3 Å². The second-order valence-electron chi connectivity index (χ2n) is 5.40. The summed E-state index contributed by atoms with van der Waals surface area (Å²) in [6, 6.07) is 5.15. The van der Waals surface area contributed by atoms with Crippen molar-refractivity contribution in [1.82, 2.24) is 0 Å². The third-order valence-electron chi connectivity index (χ3n) is 3.23. The van der Waals surface area contributed by atoms with Gasteiger partial charge < -0.3 is 10.1 Å². The first-order valence-electron chi connectivity index (χ1n) is 6.97. The lowest BCUT2D eigenvalue weighted by atomic mass is 10.1. The molecule has 6 heteroatoms. The molecule has 0 saturated heterocycles. The van der Waals surface area contributed by atoms with Gasteiger partial charge in [0.1, 0.15) is 6.54 Å². The lowest BCUT2D eigenvalue weighted by molar-refractivity contribution is -0.143. The van der Waals surface area contributed by atoms with E-state index in [1.165, 1.54) is 4.90 Å². The smallest absolute Gasteiger partial charge is 0.326 e. The highest BCUT2D eigenvalue weighted by Gasteiger charge is 2.26. The Kier molecular flexibility index (Phi) is 5.07. The number of esters is 1. The van der Waals surface area contributed by atoms with E-state index in [9.17, 15) is 9.59 Å². The van der Waals surface area contributed by atoms with Crippen LogP contribution in [0.3, 0.4) is 0 Å². The van der Waals surface area contributed by atoms with Crippen molar-refractivity contribution in [2.45, 2.75) is 20.3 Å². The molecule has 1 amide bonds. The molecular formula is C15H19ClN2O3. The summed E-state index contributed by atoms with van der Waals surface area (Å²) in [6.07, 6.45) is 0.813. The number of rotatable bonds is 5. The summed E-state index contributed by atoms with van der Waals surface area (Å²) in [5.41, 5.74) is 1.40. The first-order valence-corrected chi connectivity index (χ1v) is 7.34. The average Bonchev–Trinajstić information content (AvgIpc) is 2.41. The fraction of sp³-hybridized carbons (Fsp3) is 0.467. The molecule has 21 heavy (non-hydrogen) atoms. The normalized spacial score (nSPS) is 13.9. The maximum Gasteiger partial charge on any atom is 0.326 e. The Labute approximate surface area is 129 Å². The number of amides is 1. The standard InChI is InChI=1S/C15H19ClN2O3/c1-10(2)5-6-21-15(20)9-18-13-4-3-11(16)7-12(13)17-8-14(18)19/h3-4,7,10,17H,5-6,8-9H2,1-2H3. The van der Waals surface area contributed by atoms with Crippen molar-refractivity contribution in [2.24, 2.45) is 5.92 Å². The van der Waals surface area contributed by atoms with Gasteiger partial charge in [-0.2, -0.15) is 0 Å². The van der Waals surface area contributed by atoms with Crippen LogP contribution in [0.15, 0.2) is 18.2 Å². The highest BCUT2D eigenvalue weighted by atomic mass is 35.5. The molecule has 1 aliphatic heterocycles. The molecule has 0 bridgehead atoms. The van der Waals surface area contributed by atoms with E-state index in [4.69, 9.17) is 16.3 Å². The minimum absolute atomic E-state index is 0.0761. The Morgan fingerprint density at radius 3 is 2.95 bits per heavy atom. The van der Waals surface area contributed by atoms with E-state index in [2.05, 4.69) is 19.2 Å². The number of nitrogens with zero attached hydrogens (tertiary/aromatic N) is 1. The van der Waals surface area contributed by atoms with Gasteiger partial charge in [-0.3, -0.25) is 14.5 Å². The molecular weight excluding hydrogens is 292 g/mol. The fourth-order valence-electron chi connectivity index (χ4n) is 2.04. The number of hydrogen-bond acceptors (Lipinski definition) is 4. The average molecular weight is 311 g/mol. The van der Waals surface area contributed by atoms with Crippen molar-refractivity contribution in [2.75, 3.05) is 29.9 Å².